The van der Waals surface area contributed by atoms with E-state index in [0.717, 1.165) is 6.20 Å². The van der Waals surface area contributed by atoms with Crippen molar-refractivity contribution in [2.24, 2.45) is 0 Å². The number of hydrazine groups is 1. The standard InChI is InChI=1S/C13H12N4O4/c1-21-11-5-3-2-4-10(11)13(18)16-15-12-7-6-9(8-14-12)17(19)20/h2-8H,1H3,(H,14,15)(H,16,18). The van der Waals surface area contributed by atoms with Crippen LogP contribution in [0.25, 0.3) is 0 Å². The summed E-state index contributed by atoms with van der Waals surface area (Å²) in [6.45, 7) is 0. The molecule has 0 unspecified atom stereocenters. The summed E-state index contributed by atoms with van der Waals surface area (Å²) in [5, 5.41) is 10.5. The molecular formula is C13H12N4O4. The topological polar surface area (TPSA) is 106 Å². The number of rotatable bonds is 5. The molecule has 1 aromatic heterocycles. The molecule has 0 saturated carbocycles. The second-order valence-electron chi connectivity index (χ2n) is 3.94. The highest BCUT2D eigenvalue weighted by Gasteiger charge is 2.11. The Hall–Kier alpha value is -3.16. The molecule has 0 saturated heterocycles. The van der Waals surface area contributed by atoms with E-state index in [9.17, 15) is 14.9 Å². The second-order valence-corrected chi connectivity index (χ2v) is 3.94. The number of nitrogens with zero attached hydrogens (tertiary/aromatic N) is 2. The monoisotopic (exact) mass is 288 g/mol. The van der Waals surface area contributed by atoms with Crippen molar-refractivity contribution in [1.82, 2.24) is 10.4 Å². The molecule has 0 bridgehead atoms. The highest BCUT2D eigenvalue weighted by Crippen LogP contribution is 2.17. The number of carbonyl (C=O) groups is 1. The molecule has 0 radical (unpaired) electrons. The number of methoxy groups -OCH3 is 1. The van der Waals surface area contributed by atoms with Crippen LogP contribution in [-0.2, 0) is 0 Å². The van der Waals surface area contributed by atoms with Gasteiger partial charge in [-0.1, -0.05) is 12.1 Å². The smallest absolute Gasteiger partial charge is 0.287 e. The predicted molar refractivity (Wildman–Crippen MR) is 75.0 cm³/mol. The number of amides is 1. The Bertz CT molecular complexity index is 657. The Morgan fingerprint density at radius 1 is 1.29 bits per heavy atom. The van der Waals surface area contributed by atoms with Crippen molar-refractivity contribution in [3.8, 4) is 5.75 Å². The van der Waals surface area contributed by atoms with Crippen LogP contribution in [-0.4, -0.2) is 22.9 Å². The van der Waals surface area contributed by atoms with Crippen molar-refractivity contribution < 1.29 is 14.5 Å². The second kappa shape index (κ2) is 6.33. The SMILES string of the molecule is COc1ccccc1C(=O)NNc1ccc([N+](=O)[O-])cn1. The molecule has 108 valence electrons. The fourth-order valence-electron chi connectivity index (χ4n) is 1.59. The highest BCUT2D eigenvalue weighted by atomic mass is 16.6. The first-order valence-corrected chi connectivity index (χ1v) is 5.91. The fraction of sp³-hybridized carbons (Fsp3) is 0.0769. The van der Waals surface area contributed by atoms with Crippen LogP contribution in [0.3, 0.4) is 0 Å². The molecule has 21 heavy (non-hydrogen) atoms. The van der Waals surface area contributed by atoms with Gasteiger partial charge in [-0.15, -0.1) is 0 Å². The van der Waals surface area contributed by atoms with Crippen molar-refractivity contribution >= 4 is 17.4 Å². The molecule has 1 heterocycles. The molecule has 0 spiro atoms. The van der Waals surface area contributed by atoms with Gasteiger partial charge in [0.05, 0.1) is 17.6 Å². The van der Waals surface area contributed by atoms with E-state index >= 15 is 0 Å². The molecule has 0 fully saturated rings. The van der Waals surface area contributed by atoms with E-state index in [1.165, 1.54) is 19.2 Å². The Morgan fingerprint density at radius 2 is 2.05 bits per heavy atom. The lowest BCUT2D eigenvalue weighted by Gasteiger charge is -2.10. The summed E-state index contributed by atoms with van der Waals surface area (Å²) < 4.78 is 5.08. The molecule has 2 N–H and O–H groups in total. The highest BCUT2D eigenvalue weighted by molar-refractivity contribution is 5.97. The van der Waals surface area contributed by atoms with Gasteiger partial charge in [0.1, 0.15) is 17.8 Å². The quantitative estimate of drug-likeness (QED) is 0.641. The first kappa shape index (κ1) is 14.3. The molecule has 1 amide bonds. The zero-order valence-corrected chi connectivity index (χ0v) is 11.1. The van der Waals surface area contributed by atoms with E-state index in [-0.39, 0.29) is 11.5 Å². The maximum atomic E-state index is 12.0. The third-order valence-corrected chi connectivity index (χ3v) is 2.61. The van der Waals surface area contributed by atoms with E-state index in [1.807, 2.05) is 0 Å². The molecule has 0 aliphatic rings. The number of nitro groups is 1. The van der Waals surface area contributed by atoms with Crippen molar-refractivity contribution in [1.29, 1.82) is 0 Å². The zero-order valence-electron chi connectivity index (χ0n) is 11.1. The molecule has 2 aromatic rings. The number of aromatic nitrogens is 1. The first-order chi connectivity index (χ1) is 10.1. The number of anilines is 1. The number of para-hydroxylation sites is 1. The van der Waals surface area contributed by atoms with Crippen LogP contribution in [0.1, 0.15) is 10.4 Å². The number of hydrogen-bond acceptors (Lipinski definition) is 6. The van der Waals surface area contributed by atoms with Crippen LogP contribution in [0.2, 0.25) is 0 Å². The number of nitrogens with one attached hydrogen (secondary N) is 2. The van der Waals surface area contributed by atoms with Gasteiger partial charge < -0.3 is 4.74 Å². The van der Waals surface area contributed by atoms with Gasteiger partial charge in [-0.3, -0.25) is 25.8 Å². The van der Waals surface area contributed by atoms with Crippen molar-refractivity contribution in [2.45, 2.75) is 0 Å². The molecule has 0 atom stereocenters. The Kier molecular flexibility index (Phi) is 4.30. The molecular weight excluding hydrogens is 276 g/mol. The van der Waals surface area contributed by atoms with Gasteiger partial charge in [-0.05, 0) is 18.2 Å². The summed E-state index contributed by atoms with van der Waals surface area (Å²) in [4.78, 5) is 25.7. The van der Waals surface area contributed by atoms with E-state index < -0.39 is 10.8 Å². The number of pyridine rings is 1. The molecule has 1 aromatic carbocycles. The summed E-state index contributed by atoms with van der Waals surface area (Å²) in [7, 11) is 1.47. The minimum Gasteiger partial charge on any atom is -0.496 e. The normalized spacial score (nSPS) is 9.76. The molecule has 0 aliphatic carbocycles. The average Bonchev–Trinajstić information content (AvgIpc) is 2.52. The van der Waals surface area contributed by atoms with Crippen LogP contribution in [0.5, 0.6) is 5.75 Å². The Morgan fingerprint density at radius 3 is 2.67 bits per heavy atom. The van der Waals surface area contributed by atoms with Gasteiger partial charge in [-0.25, -0.2) is 4.98 Å². The Balaban J connectivity index is 2.02. The first-order valence-electron chi connectivity index (χ1n) is 5.91. The maximum absolute atomic E-state index is 12.0. The lowest BCUT2D eigenvalue weighted by molar-refractivity contribution is -0.385. The number of carbonyl (C=O) groups excluding carboxylic acids is 1. The lowest BCUT2D eigenvalue weighted by atomic mass is 10.2. The number of ether oxygens (including phenoxy) is 1. The van der Waals surface area contributed by atoms with Gasteiger partial charge in [0, 0.05) is 6.07 Å². The third kappa shape index (κ3) is 3.44. The van der Waals surface area contributed by atoms with Crippen LogP contribution in [0.4, 0.5) is 11.5 Å². The van der Waals surface area contributed by atoms with E-state index in [0.29, 0.717) is 11.3 Å². The van der Waals surface area contributed by atoms with Crippen LogP contribution in [0, 0.1) is 10.1 Å². The molecule has 8 heteroatoms. The third-order valence-electron chi connectivity index (χ3n) is 2.61. The summed E-state index contributed by atoms with van der Waals surface area (Å²) in [5.74, 6) is 0.310. The van der Waals surface area contributed by atoms with Crippen molar-refractivity contribution in [2.75, 3.05) is 12.5 Å². The summed E-state index contributed by atoms with van der Waals surface area (Å²) in [6.07, 6.45) is 1.09. The van der Waals surface area contributed by atoms with Crippen molar-refractivity contribution in [3.63, 3.8) is 0 Å². The van der Waals surface area contributed by atoms with Gasteiger partial charge >= 0.3 is 0 Å². The van der Waals surface area contributed by atoms with Gasteiger partial charge in [0.25, 0.3) is 11.6 Å². The average molecular weight is 288 g/mol. The maximum Gasteiger partial charge on any atom is 0.287 e. The summed E-state index contributed by atoms with van der Waals surface area (Å²) in [6, 6.07) is 9.41. The molecule has 0 aliphatic heterocycles. The molecule has 2 rings (SSSR count). The fourth-order valence-corrected chi connectivity index (χ4v) is 1.59. The largest absolute Gasteiger partial charge is 0.496 e. The zero-order chi connectivity index (χ0) is 15.2. The van der Waals surface area contributed by atoms with Crippen molar-refractivity contribution in [3.05, 3.63) is 58.3 Å². The molecule has 8 nitrogen and oxygen atoms in total. The van der Waals surface area contributed by atoms with Gasteiger partial charge in [-0.2, -0.15) is 0 Å². The van der Waals surface area contributed by atoms with Crippen LogP contribution >= 0.6 is 0 Å². The van der Waals surface area contributed by atoms with E-state index in [1.54, 1.807) is 24.3 Å². The minimum absolute atomic E-state index is 0.128. The van der Waals surface area contributed by atoms with E-state index in [4.69, 9.17) is 4.74 Å². The number of hydrogen-bond donors (Lipinski definition) is 2. The van der Waals surface area contributed by atoms with Crippen LogP contribution < -0.4 is 15.6 Å². The minimum atomic E-state index is -0.551. The Labute approximate surface area is 119 Å². The predicted octanol–water partition coefficient (Wildman–Crippen LogP) is 1.76. The number of benzene rings is 1. The van der Waals surface area contributed by atoms with Gasteiger partial charge in [0.15, 0.2) is 0 Å². The van der Waals surface area contributed by atoms with Gasteiger partial charge in [0.2, 0.25) is 0 Å². The van der Waals surface area contributed by atoms with Crippen LogP contribution in [0.15, 0.2) is 42.6 Å². The summed E-state index contributed by atoms with van der Waals surface area (Å²) in [5.41, 5.74) is 5.24. The lowest BCUT2D eigenvalue weighted by Crippen LogP contribution is -2.30. The van der Waals surface area contributed by atoms with E-state index in [2.05, 4.69) is 15.8 Å². The summed E-state index contributed by atoms with van der Waals surface area (Å²) >= 11 is 0.